The van der Waals surface area contributed by atoms with Gasteiger partial charge in [-0.2, -0.15) is 9.57 Å². The molecule has 41 heavy (non-hydrogen) atoms. The molecule has 1 fully saturated rings. The van der Waals surface area contributed by atoms with E-state index >= 15 is 0 Å². The Hall–Kier alpha value is -4.44. The summed E-state index contributed by atoms with van der Waals surface area (Å²) >= 11 is 0.848. The summed E-state index contributed by atoms with van der Waals surface area (Å²) in [4.78, 5) is 31.1. The molecule has 4 aromatic rings. The number of amides is 1. The molecule has 0 bridgehead atoms. The van der Waals surface area contributed by atoms with E-state index in [0.29, 0.717) is 18.8 Å². The maximum Gasteiger partial charge on any atom is 0.273 e. The number of rotatable bonds is 6. The third-order valence-electron chi connectivity index (χ3n) is 6.48. The fraction of sp³-hybridized carbons (Fsp3) is 0.172. The van der Waals surface area contributed by atoms with Crippen molar-refractivity contribution in [1.82, 2.24) is 13.9 Å². The van der Waals surface area contributed by atoms with Crippen LogP contribution in [0.5, 0.6) is 0 Å². The van der Waals surface area contributed by atoms with Gasteiger partial charge in [0, 0.05) is 25.0 Å². The van der Waals surface area contributed by atoms with Crippen LogP contribution in [0.2, 0.25) is 0 Å². The molecule has 0 unspecified atom stereocenters. The van der Waals surface area contributed by atoms with E-state index < -0.39 is 32.9 Å². The molecule has 0 atom stereocenters. The van der Waals surface area contributed by atoms with Crippen molar-refractivity contribution in [2.45, 2.75) is 24.2 Å². The van der Waals surface area contributed by atoms with Crippen LogP contribution in [-0.2, 0) is 14.8 Å². The molecule has 0 aliphatic carbocycles. The van der Waals surface area contributed by atoms with Gasteiger partial charge in [0.2, 0.25) is 10.0 Å². The van der Waals surface area contributed by atoms with Crippen LogP contribution in [0.3, 0.4) is 0 Å². The van der Waals surface area contributed by atoms with Gasteiger partial charge in [-0.15, -0.1) is 11.3 Å². The zero-order valence-corrected chi connectivity index (χ0v) is 23.3. The molecule has 2 aromatic heterocycles. The number of piperidine rings is 1. The second-order valence-electron chi connectivity index (χ2n) is 9.20. The number of thiazole rings is 1. The molecule has 1 N–H and O–H groups in total. The van der Waals surface area contributed by atoms with Gasteiger partial charge in [0.15, 0.2) is 5.57 Å². The summed E-state index contributed by atoms with van der Waals surface area (Å²) < 4.78 is 43.6. The summed E-state index contributed by atoms with van der Waals surface area (Å²) in [6.45, 7) is 0.851. The van der Waals surface area contributed by atoms with Crippen molar-refractivity contribution in [3.63, 3.8) is 0 Å². The first kappa shape index (κ1) is 28.1. The van der Waals surface area contributed by atoms with Gasteiger partial charge in [0.25, 0.3) is 11.5 Å². The summed E-state index contributed by atoms with van der Waals surface area (Å²) in [6, 6.07) is 18.3. The monoisotopic (exact) mass is 589 g/mol. The first-order valence-corrected chi connectivity index (χ1v) is 15.0. The third-order valence-corrected chi connectivity index (χ3v) is 9.47. The van der Waals surface area contributed by atoms with Crippen LogP contribution >= 0.6 is 11.3 Å². The number of anilines is 1. The second kappa shape index (κ2) is 12.0. The van der Waals surface area contributed by atoms with Gasteiger partial charge in [-0.25, -0.2) is 12.8 Å². The van der Waals surface area contributed by atoms with E-state index in [1.165, 1.54) is 58.9 Å². The number of carbonyl (C=O) groups is 1. The summed E-state index contributed by atoms with van der Waals surface area (Å²) in [5.41, 5.74) is -0.582. The SMILES string of the molecule is N#C/C(C(=O)Nc1cccc(S(=O)(=O)N2CCCCC2)c1)=c1/s/c(=C/c2ccccn2)c(=O)n1-c1ccccc1F. The molecule has 1 saturated heterocycles. The summed E-state index contributed by atoms with van der Waals surface area (Å²) in [7, 11) is -3.76. The van der Waals surface area contributed by atoms with Crippen LogP contribution in [0.15, 0.2) is 82.6 Å². The molecular weight excluding hydrogens is 565 g/mol. The molecule has 9 nitrogen and oxygen atoms in total. The highest BCUT2D eigenvalue weighted by Crippen LogP contribution is 2.23. The number of aromatic nitrogens is 2. The molecular formula is C29H24FN5O4S2. The lowest BCUT2D eigenvalue weighted by Crippen LogP contribution is -2.35. The Morgan fingerprint density at radius 3 is 2.51 bits per heavy atom. The molecule has 0 radical (unpaired) electrons. The molecule has 1 aliphatic heterocycles. The van der Waals surface area contributed by atoms with E-state index in [0.717, 1.165) is 35.2 Å². The highest BCUT2D eigenvalue weighted by molar-refractivity contribution is 7.89. The lowest BCUT2D eigenvalue weighted by Gasteiger charge is -2.26. The number of nitrogens with one attached hydrogen (secondary N) is 1. The standard InChI is InChI=1S/C29H24FN5O4S2/c30-24-12-2-3-13-25(24)35-28(37)26(18-20-9-4-5-14-32-20)40-29(35)23(19-31)27(36)33-21-10-8-11-22(17-21)41(38,39)34-15-6-1-7-16-34/h2-5,8-14,17-18H,1,6-7,15-16H2,(H,33,36)/b26-18+,29-23-. The third kappa shape index (κ3) is 5.88. The van der Waals surface area contributed by atoms with Crippen molar-refractivity contribution < 1.29 is 17.6 Å². The lowest BCUT2D eigenvalue weighted by atomic mass is 10.2. The largest absolute Gasteiger partial charge is 0.321 e. The summed E-state index contributed by atoms with van der Waals surface area (Å²) in [5.74, 6) is -1.60. The first-order chi connectivity index (χ1) is 19.8. The number of para-hydroxylation sites is 1. The predicted molar refractivity (Wildman–Crippen MR) is 154 cm³/mol. The number of halogens is 1. The van der Waals surface area contributed by atoms with Crippen molar-refractivity contribution in [3.8, 4) is 11.8 Å². The molecule has 1 aliphatic rings. The average molecular weight is 590 g/mol. The van der Waals surface area contributed by atoms with Crippen LogP contribution in [0.1, 0.15) is 25.0 Å². The molecule has 12 heteroatoms. The molecule has 0 spiro atoms. The molecule has 1 amide bonds. The highest BCUT2D eigenvalue weighted by Gasteiger charge is 2.26. The number of nitriles is 1. The normalized spacial score (nSPS) is 15.3. The van der Waals surface area contributed by atoms with Crippen molar-refractivity contribution in [2.24, 2.45) is 0 Å². The van der Waals surface area contributed by atoms with Gasteiger partial charge in [-0.3, -0.25) is 19.1 Å². The predicted octanol–water partition coefficient (Wildman–Crippen LogP) is 2.75. The Morgan fingerprint density at radius 2 is 1.80 bits per heavy atom. The maximum atomic E-state index is 14.9. The second-order valence-corrected chi connectivity index (χ2v) is 12.2. The summed E-state index contributed by atoms with van der Waals surface area (Å²) in [6.07, 6.45) is 5.57. The van der Waals surface area contributed by atoms with Gasteiger partial charge >= 0.3 is 0 Å². The maximum absolute atomic E-state index is 14.9. The Labute approximate surface area is 239 Å². The van der Waals surface area contributed by atoms with Crippen LogP contribution in [0.4, 0.5) is 10.1 Å². The van der Waals surface area contributed by atoms with Crippen LogP contribution in [0, 0.1) is 17.1 Å². The Bertz CT molecular complexity index is 1940. The number of hydrogen-bond donors (Lipinski definition) is 1. The number of nitrogens with zero attached hydrogens (tertiary/aromatic N) is 4. The van der Waals surface area contributed by atoms with Crippen molar-refractivity contribution in [1.29, 1.82) is 5.26 Å². The number of pyridine rings is 1. The lowest BCUT2D eigenvalue weighted by molar-refractivity contribution is -0.111. The van der Waals surface area contributed by atoms with Crippen molar-refractivity contribution in [3.05, 3.63) is 104 Å². The molecule has 3 heterocycles. The molecule has 2 aromatic carbocycles. The number of benzene rings is 2. The van der Waals surface area contributed by atoms with Crippen molar-refractivity contribution >= 4 is 44.6 Å². The van der Waals surface area contributed by atoms with E-state index in [4.69, 9.17) is 0 Å². The van der Waals surface area contributed by atoms with E-state index in [-0.39, 0.29) is 25.5 Å². The number of sulfonamides is 1. The minimum absolute atomic E-state index is 0.0161. The highest BCUT2D eigenvalue weighted by atomic mass is 32.2. The first-order valence-electron chi connectivity index (χ1n) is 12.7. The molecule has 5 rings (SSSR count). The Balaban J connectivity index is 1.60. The van der Waals surface area contributed by atoms with Gasteiger partial charge in [-0.05, 0) is 61.4 Å². The zero-order valence-electron chi connectivity index (χ0n) is 21.7. The fourth-order valence-corrected chi connectivity index (χ4v) is 7.12. The van der Waals surface area contributed by atoms with Gasteiger partial charge in [0.05, 0.1) is 20.8 Å². The van der Waals surface area contributed by atoms with E-state index in [2.05, 4.69) is 10.3 Å². The van der Waals surface area contributed by atoms with Gasteiger partial charge < -0.3 is 5.32 Å². The van der Waals surface area contributed by atoms with Crippen LogP contribution in [0.25, 0.3) is 17.3 Å². The van der Waals surface area contributed by atoms with Crippen LogP contribution in [-0.4, -0.2) is 41.3 Å². The Kier molecular flexibility index (Phi) is 8.21. The quantitative estimate of drug-likeness (QED) is 0.369. The van der Waals surface area contributed by atoms with Gasteiger partial charge in [0.1, 0.15) is 16.5 Å². The van der Waals surface area contributed by atoms with Crippen LogP contribution < -0.4 is 20.1 Å². The average Bonchev–Trinajstić information content (AvgIpc) is 3.29. The Morgan fingerprint density at radius 1 is 1.05 bits per heavy atom. The smallest absolute Gasteiger partial charge is 0.273 e. The topological polar surface area (TPSA) is 125 Å². The van der Waals surface area contributed by atoms with E-state index in [9.17, 15) is 27.7 Å². The minimum Gasteiger partial charge on any atom is -0.321 e. The zero-order chi connectivity index (χ0) is 29.0. The van der Waals surface area contributed by atoms with E-state index in [1.54, 1.807) is 24.4 Å². The fourth-order valence-electron chi connectivity index (χ4n) is 4.48. The summed E-state index contributed by atoms with van der Waals surface area (Å²) in [5, 5.41) is 12.6. The van der Waals surface area contributed by atoms with E-state index in [1.807, 2.05) is 6.07 Å². The molecule has 0 saturated carbocycles. The number of hydrogen-bond acceptors (Lipinski definition) is 7. The van der Waals surface area contributed by atoms with Crippen molar-refractivity contribution in [2.75, 3.05) is 18.4 Å². The number of carbonyl (C=O) groups excluding carboxylic acids is 1. The molecule has 208 valence electrons. The minimum atomic E-state index is -3.76. The van der Waals surface area contributed by atoms with Gasteiger partial charge in [-0.1, -0.05) is 30.7 Å².